The maximum absolute atomic E-state index is 12.1. The van der Waals surface area contributed by atoms with E-state index in [0.29, 0.717) is 32.5 Å². The molecule has 6 nitrogen and oxygen atoms in total. The van der Waals surface area contributed by atoms with E-state index in [1.807, 2.05) is 31.2 Å². The zero-order chi connectivity index (χ0) is 18.1. The number of benzene rings is 1. The Morgan fingerprint density at radius 3 is 2.24 bits per heavy atom. The number of carboxylic acids is 1. The zero-order valence-electron chi connectivity index (χ0n) is 14.8. The van der Waals surface area contributed by atoms with Gasteiger partial charge >= 0.3 is 5.97 Å². The third-order valence-corrected chi connectivity index (χ3v) is 4.45. The Bertz CT molecular complexity index is 564. The van der Waals surface area contributed by atoms with Crippen molar-refractivity contribution in [3.05, 3.63) is 24.3 Å². The van der Waals surface area contributed by atoms with E-state index in [1.54, 1.807) is 0 Å². The van der Waals surface area contributed by atoms with Crippen LogP contribution in [0.4, 0.5) is 0 Å². The Balaban J connectivity index is 1.71. The maximum Gasteiger partial charge on any atom is 0.329 e. The van der Waals surface area contributed by atoms with Gasteiger partial charge in [0, 0.05) is 6.42 Å². The average Bonchev–Trinajstić information content (AvgIpc) is 2.61. The van der Waals surface area contributed by atoms with E-state index in [-0.39, 0.29) is 12.3 Å². The first-order chi connectivity index (χ1) is 12.1. The number of carbonyl (C=O) groups is 2. The fourth-order valence-electron chi connectivity index (χ4n) is 3.10. The molecule has 25 heavy (non-hydrogen) atoms. The standard InChI is InChI=1S/C19H27NO5/c1-2-24-15-8-10-16(11-9-15)25-14-6-7-17(21)20-19(18(22)23)12-4-3-5-13-19/h8-11H,2-7,12-14H2,1H3,(H,20,21)(H,22,23). The second-order valence-electron chi connectivity index (χ2n) is 6.35. The smallest absolute Gasteiger partial charge is 0.329 e. The van der Waals surface area contributed by atoms with Crippen molar-refractivity contribution in [1.29, 1.82) is 0 Å². The van der Waals surface area contributed by atoms with E-state index in [1.165, 1.54) is 0 Å². The predicted molar refractivity (Wildman–Crippen MR) is 93.9 cm³/mol. The Kier molecular flexibility index (Phi) is 7.10. The van der Waals surface area contributed by atoms with Crippen molar-refractivity contribution in [2.24, 2.45) is 0 Å². The molecular weight excluding hydrogens is 322 g/mol. The molecule has 0 radical (unpaired) electrons. The molecule has 2 rings (SSSR count). The number of nitrogens with one attached hydrogen (secondary N) is 1. The van der Waals surface area contributed by atoms with Gasteiger partial charge in [0.05, 0.1) is 13.2 Å². The first kappa shape index (κ1) is 19.1. The Morgan fingerprint density at radius 1 is 1.08 bits per heavy atom. The second kappa shape index (κ2) is 9.30. The van der Waals surface area contributed by atoms with Crippen LogP contribution in [0.15, 0.2) is 24.3 Å². The molecule has 1 aromatic rings. The van der Waals surface area contributed by atoms with Crippen LogP contribution < -0.4 is 14.8 Å². The van der Waals surface area contributed by atoms with Gasteiger partial charge in [-0.25, -0.2) is 4.79 Å². The van der Waals surface area contributed by atoms with Gasteiger partial charge in [0.25, 0.3) is 0 Å². The average molecular weight is 349 g/mol. The third kappa shape index (κ3) is 5.66. The molecule has 0 saturated heterocycles. The summed E-state index contributed by atoms with van der Waals surface area (Å²) in [6.45, 7) is 2.95. The summed E-state index contributed by atoms with van der Waals surface area (Å²) in [6, 6.07) is 7.33. The fraction of sp³-hybridized carbons (Fsp3) is 0.579. The van der Waals surface area contributed by atoms with Gasteiger partial charge in [-0.15, -0.1) is 0 Å². The molecule has 0 aliphatic heterocycles. The second-order valence-corrected chi connectivity index (χ2v) is 6.35. The van der Waals surface area contributed by atoms with Crippen LogP contribution in [0.3, 0.4) is 0 Å². The van der Waals surface area contributed by atoms with Gasteiger partial charge in [-0.1, -0.05) is 19.3 Å². The molecule has 138 valence electrons. The summed E-state index contributed by atoms with van der Waals surface area (Å²) in [5.74, 6) is 0.365. The molecule has 1 saturated carbocycles. The molecule has 1 aliphatic carbocycles. The SMILES string of the molecule is CCOc1ccc(OCCCC(=O)NC2(C(=O)O)CCCCC2)cc1. The largest absolute Gasteiger partial charge is 0.494 e. The number of hydrogen-bond acceptors (Lipinski definition) is 4. The van der Waals surface area contributed by atoms with Gasteiger partial charge in [0.2, 0.25) is 5.91 Å². The summed E-state index contributed by atoms with van der Waals surface area (Å²) < 4.78 is 11.0. The monoisotopic (exact) mass is 349 g/mol. The van der Waals surface area contributed by atoms with Crippen LogP contribution in [0.1, 0.15) is 51.9 Å². The summed E-state index contributed by atoms with van der Waals surface area (Å²) >= 11 is 0. The molecular formula is C19H27NO5. The van der Waals surface area contributed by atoms with Crippen molar-refractivity contribution >= 4 is 11.9 Å². The van der Waals surface area contributed by atoms with Gasteiger partial charge in [0.15, 0.2) is 0 Å². The zero-order valence-corrected chi connectivity index (χ0v) is 14.8. The summed E-state index contributed by atoms with van der Waals surface area (Å²) in [5.41, 5.74) is -1.08. The first-order valence-electron chi connectivity index (χ1n) is 8.96. The van der Waals surface area contributed by atoms with Crippen molar-refractivity contribution in [2.75, 3.05) is 13.2 Å². The predicted octanol–water partition coefficient (Wildman–Crippen LogP) is 3.15. The van der Waals surface area contributed by atoms with Crippen LogP contribution in [0.5, 0.6) is 11.5 Å². The molecule has 0 heterocycles. The Labute approximate surface area is 148 Å². The highest BCUT2D eigenvalue weighted by atomic mass is 16.5. The summed E-state index contributed by atoms with van der Waals surface area (Å²) in [7, 11) is 0. The van der Waals surface area contributed by atoms with Crippen molar-refractivity contribution in [1.82, 2.24) is 5.32 Å². The molecule has 1 aromatic carbocycles. The minimum Gasteiger partial charge on any atom is -0.494 e. The normalized spacial score (nSPS) is 16.0. The molecule has 0 unspecified atom stereocenters. The minimum absolute atomic E-state index is 0.223. The van der Waals surface area contributed by atoms with Crippen molar-refractivity contribution < 1.29 is 24.2 Å². The molecule has 1 amide bonds. The van der Waals surface area contributed by atoms with Crippen LogP contribution in [-0.4, -0.2) is 35.7 Å². The summed E-state index contributed by atoms with van der Waals surface area (Å²) in [5, 5.41) is 12.2. The lowest BCUT2D eigenvalue weighted by Crippen LogP contribution is -2.55. The van der Waals surface area contributed by atoms with Gasteiger partial charge in [-0.05, 0) is 50.5 Å². The Morgan fingerprint density at radius 2 is 1.68 bits per heavy atom. The first-order valence-corrected chi connectivity index (χ1v) is 8.96. The van der Waals surface area contributed by atoms with Crippen LogP contribution in [-0.2, 0) is 9.59 Å². The van der Waals surface area contributed by atoms with E-state index in [2.05, 4.69) is 5.32 Å². The van der Waals surface area contributed by atoms with Gasteiger partial charge < -0.3 is 19.9 Å². The van der Waals surface area contributed by atoms with Crippen molar-refractivity contribution in [2.45, 2.75) is 57.4 Å². The molecule has 1 aliphatic rings. The lowest BCUT2D eigenvalue weighted by atomic mass is 9.81. The van der Waals surface area contributed by atoms with Crippen LogP contribution >= 0.6 is 0 Å². The van der Waals surface area contributed by atoms with E-state index in [9.17, 15) is 14.7 Å². The number of ether oxygens (including phenoxy) is 2. The van der Waals surface area contributed by atoms with Crippen LogP contribution in [0, 0.1) is 0 Å². The lowest BCUT2D eigenvalue weighted by Gasteiger charge is -2.34. The van der Waals surface area contributed by atoms with E-state index in [4.69, 9.17) is 9.47 Å². The van der Waals surface area contributed by atoms with Crippen molar-refractivity contribution in [3.8, 4) is 11.5 Å². The number of aliphatic carboxylic acids is 1. The molecule has 0 spiro atoms. The van der Waals surface area contributed by atoms with Gasteiger partial charge in [-0.2, -0.15) is 0 Å². The molecule has 0 atom stereocenters. The topological polar surface area (TPSA) is 84.9 Å². The highest BCUT2D eigenvalue weighted by Crippen LogP contribution is 2.28. The van der Waals surface area contributed by atoms with Gasteiger partial charge in [0.1, 0.15) is 17.0 Å². The van der Waals surface area contributed by atoms with Crippen molar-refractivity contribution in [3.63, 3.8) is 0 Å². The number of hydrogen-bond donors (Lipinski definition) is 2. The van der Waals surface area contributed by atoms with E-state index in [0.717, 1.165) is 30.8 Å². The molecule has 2 N–H and O–H groups in total. The van der Waals surface area contributed by atoms with Gasteiger partial charge in [-0.3, -0.25) is 4.79 Å². The Hall–Kier alpha value is -2.24. The van der Waals surface area contributed by atoms with Crippen LogP contribution in [0.2, 0.25) is 0 Å². The molecule has 0 aromatic heterocycles. The number of carboxylic acid groups (broad SMARTS) is 1. The third-order valence-electron chi connectivity index (χ3n) is 4.45. The number of rotatable bonds is 9. The maximum atomic E-state index is 12.1. The van der Waals surface area contributed by atoms with E-state index < -0.39 is 11.5 Å². The number of carbonyl (C=O) groups excluding carboxylic acids is 1. The molecule has 1 fully saturated rings. The lowest BCUT2D eigenvalue weighted by molar-refractivity contribution is -0.149. The summed E-state index contributed by atoms with van der Waals surface area (Å²) in [4.78, 5) is 23.7. The highest BCUT2D eigenvalue weighted by Gasteiger charge is 2.40. The quantitative estimate of drug-likeness (QED) is 0.669. The number of amides is 1. The van der Waals surface area contributed by atoms with E-state index >= 15 is 0 Å². The minimum atomic E-state index is -1.08. The highest BCUT2D eigenvalue weighted by molar-refractivity contribution is 5.87. The fourth-order valence-corrected chi connectivity index (χ4v) is 3.10. The molecule has 6 heteroatoms. The molecule has 0 bridgehead atoms. The van der Waals surface area contributed by atoms with Crippen LogP contribution in [0.25, 0.3) is 0 Å². The summed E-state index contributed by atoms with van der Waals surface area (Å²) in [6.07, 6.45) is 4.52.